The molecule has 6 nitrogen and oxygen atoms in total. The molecule has 0 aliphatic carbocycles. The highest BCUT2D eigenvalue weighted by Gasteiger charge is 2.32. The number of nitrogens with zero attached hydrogens (tertiary/aromatic N) is 1. The van der Waals surface area contributed by atoms with Crippen molar-refractivity contribution in [3.63, 3.8) is 0 Å². The topological polar surface area (TPSA) is 78.9 Å². The summed E-state index contributed by atoms with van der Waals surface area (Å²) in [6.45, 7) is 7.92. The van der Waals surface area contributed by atoms with Crippen LogP contribution >= 0.6 is 0 Å². The highest BCUT2D eigenvalue weighted by Crippen LogP contribution is 2.23. The molecule has 7 heteroatoms. The molecule has 1 atom stereocenters. The fourth-order valence-electron chi connectivity index (χ4n) is 2.48. The van der Waals surface area contributed by atoms with Crippen LogP contribution < -0.4 is 10.1 Å². The minimum atomic E-state index is -3.22. The summed E-state index contributed by atoms with van der Waals surface area (Å²) in [5.41, 5.74) is -0.766. The number of β-amino-alcohol motifs (C(OH)–C–C–N with tert-alkyl or cyclic N) is 1. The van der Waals surface area contributed by atoms with Gasteiger partial charge in [0.15, 0.2) is 9.84 Å². The molecular weight excluding hydrogens is 316 g/mol. The molecular formula is C16H26N2O4S. The fourth-order valence-corrected chi connectivity index (χ4v) is 3.12. The Morgan fingerprint density at radius 1 is 1.26 bits per heavy atom. The molecule has 1 heterocycles. The number of piperazine rings is 1. The van der Waals surface area contributed by atoms with E-state index in [1.165, 1.54) is 18.4 Å². The van der Waals surface area contributed by atoms with Gasteiger partial charge in [0.2, 0.25) is 0 Å². The van der Waals surface area contributed by atoms with Crippen LogP contribution in [0, 0.1) is 0 Å². The van der Waals surface area contributed by atoms with Crippen molar-refractivity contribution >= 4 is 9.84 Å². The average Bonchev–Trinajstić information content (AvgIpc) is 2.47. The van der Waals surface area contributed by atoms with E-state index >= 15 is 0 Å². The number of aliphatic hydroxyl groups is 1. The molecule has 2 N–H and O–H groups in total. The molecule has 0 aromatic heterocycles. The van der Waals surface area contributed by atoms with Gasteiger partial charge < -0.3 is 15.2 Å². The van der Waals surface area contributed by atoms with Crippen LogP contribution in [-0.2, 0) is 9.84 Å². The van der Waals surface area contributed by atoms with Gasteiger partial charge in [-0.25, -0.2) is 8.42 Å². The monoisotopic (exact) mass is 342 g/mol. The summed E-state index contributed by atoms with van der Waals surface area (Å²) in [6.07, 6.45) is 0.527. The summed E-state index contributed by atoms with van der Waals surface area (Å²) < 4.78 is 28.8. The minimum Gasteiger partial charge on any atom is -0.485 e. The lowest BCUT2D eigenvalue weighted by Gasteiger charge is -2.36. The Balaban J connectivity index is 1.98. The van der Waals surface area contributed by atoms with Crippen LogP contribution in [0.4, 0.5) is 0 Å². The van der Waals surface area contributed by atoms with Crippen LogP contribution in [0.15, 0.2) is 29.2 Å². The first-order valence-electron chi connectivity index (χ1n) is 7.79. The van der Waals surface area contributed by atoms with Gasteiger partial charge in [0.1, 0.15) is 17.5 Å². The van der Waals surface area contributed by atoms with E-state index in [0.29, 0.717) is 12.3 Å². The molecule has 1 saturated heterocycles. The number of rotatable bonds is 6. The van der Waals surface area contributed by atoms with Gasteiger partial charge in [0, 0.05) is 39.0 Å². The molecule has 1 unspecified atom stereocenters. The van der Waals surface area contributed by atoms with Gasteiger partial charge >= 0.3 is 0 Å². The van der Waals surface area contributed by atoms with Crippen LogP contribution in [0.5, 0.6) is 5.75 Å². The van der Waals surface area contributed by atoms with Gasteiger partial charge in [0.05, 0.1) is 4.90 Å². The van der Waals surface area contributed by atoms with E-state index < -0.39 is 21.5 Å². The lowest BCUT2D eigenvalue weighted by atomic mass is 10.0. The quantitative estimate of drug-likeness (QED) is 0.784. The third-order valence-corrected chi connectivity index (χ3v) is 5.20. The molecule has 23 heavy (non-hydrogen) atoms. The second-order valence-electron chi connectivity index (χ2n) is 6.52. The smallest absolute Gasteiger partial charge is 0.175 e. The van der Waals surface area contributed by atoms with Gasteiger partial charge in [-0.15, -0.1) is 0 Å². The fraction of sp³-hybridized carbons (Fsp3) is 0.625. The zero-order valence-corrected chi connectivity index (χ0v) is 14.8. The molecule has 1 aliphatic rings. The molecule has 2 rings (SSSR count). The van der Waals surface area contributed by atoms with E-state index in [1.807, 2.05) is 13.8 Å². The highest BCUT2D eigenvalue weighted by atomic mass is 32.2. The Bertz CT molecular complexity index is 607. The zero-order chi connectivity index (χ0) is 17.1. The predicted molar refractivity (Wildman–Crippen MR) is 89.6 cm³/mol. The van der Waals surface area contributed by atoms with E-state index in [1.54, 1.807) is 12.1 Å². The second-order valence-corrected chi connectivity index (χ2v) is 8.53. The summed E-state index contributed by atoms with van der Waals surface area (Å²) >= 11 is 0. The Labute approximate surface area is 138 Å². The summed E-state index contributed by atoms with van der Waals surface area (Å²) in [7, 11) is -3.22. The summed E-state index contributed by atoms with van der Waals surface area (Å²) in [5.74, 6) is 0.543. The molecule has 0 radical (unpaired) electrons. The molecule has 1 aromatic rings. The Morgan fingerprint density at radius 3 is 2.35 bits per heavy atom. The maximum absolute atomic E-state index is 11.5. The second kappa shape index (κ2) is 7.17. The van der Waals surface area contributed by atoms with E-state index in [2.05, 4.69) is 10.2 Å². The van der Waals surface area contributed by atoms with Crippen LogP contribution in [0.2, 0.25) is 0 Å². The lowest BCUT2D eigenvalue weighted by molar-refractivity contribution is -0.0456. The van der Waals surface area contributed by atoms with Crippen molar-refractivity contribution in [1.82, 2.24) is 10.2 Å². The van der Waals surface area contributed by atoms with Crippen molar-refractivity contribution in [2.24, 2.45) is 0 Å². The van der Waals surface area contributed by atoms with Crippen LogP contribution in [0.25, 0.3) is 0 Å². The van der Waals surface area contributed by atoms with Gasteiger partial charge in [-0.2, -0.15) is 0 Å². The number of ether oxygens (including phenoxy) is 1. The minimum absolute atomic E-state index is 0.254. The number of benzene rings is 1. The molecule has 0 saturated carbocycles. The SMILES string of the molecule is CC(C)(Oc1ccc(S(C)(=O)=O)cc1)C(O)CN1CCNCC1. The van der Waals surface area contributed by atoms with Crippen molar-refractivity contribution in [1.29, 1.82) is 0 Å². The number of sulfone groups is 1. The number of aliphatic hydroxyl groups excluding tert-OH is 1. The van der Waals surface area contributed by atoms with Gasteiger partial charge in [-0.1, -0.05) is 0 Å². The Hall–Kier alpha value is -1.15. The van der Waals surface area contributed by atoms with Crippen molar-refractivity contribution in [2.75, 3.05) is 39.0 Å². The maximum Gasteiger partial charge on any atom is 0.175 e. The lowest BCUT2D eigenvalue weighted by Crippen LogP contribution is -2.52. The molecule has 0 spiro atoms. The van der Waals surface area contributed by atoms with E-state index in [9.17, 15) is 13.5 Å². The van der Waals surface area contributed by atoms with Crippen LogP contribution in [0.3, 0.4) is 0 Å². The summed E-state index contributed by atoms with van der Waals surface area (Å²) in [4.78, 5) is 2.46. The van der Waals surface area contributed by atoms with Crippen LogP contribution in [-0.4, -0.2) is 69.1 Å². The molecule has 1 aliphatic heterocycles. The largest absolute Gasteiger partial charge is 0.485 e. The number of hydrogen-bond donors (Lipinski definition) is 2. The third kappa shape index (κ3) is 5.17. The number of nitrogens with one attached hydrogen (secondary N) is 1. The van der Waals surface area contributed by atoms with Gasteiger partial charge in [0.25, 0.3) is 0 Å². The maximum atomic E-state index is 11.5. The highest BCUT2D eigenvalue weighted by molar-refractivity contribution is 7.90. The first-order chi connectivity index (χ1) is 10.7. The average molecular weight is 342 g/mol. The van der Waals surface area contributed by atoms with Crippen molar-refractivity contribution in [2.45, 2.75) is 30.4 Å². The Kier molecular flexibility index (Phi) is 5.67. The van der Waals surface area contributed by atoms with Gasteiger partial charge in [-0.3, -0.25) is 4.90 Å². The first kappa shape index (κ1) is 18.2. The van der Waals surface area contributed by atoms with Crippen molar-refractivity contribution in [3.8, 4) is 5.75 Å². The van der Waals surface area contributed by atoms with Crippen LogP contribution in [0.1, 0.15) is 13.8 Å². The standard InChI is InChI=1S/C16H26N2O4S/c1-16(2,15(19)12-18-10-8-17-9-11-18)22-13-4-6-14(7-5-13)23(3,20)21/h4-7,15,17,19H,8-12H2,1-3H3. The predicted octanol–water partition coefficient (Wildman–Crippen LogP) is 0.514. The summed E-state index contributed by atoms with van der Waals surface area (Å²) in [6, 6.07) is 6.28. The molecule has 130 valence electrons. The first-order valence-corrected chi connectivity index (χ1v) is 9.68. The van der Waals surface area contributed by atoms with E-state index in [0.717, 1.165) is 26.2 Å². The third-order valence-electron chi connectivity index (χ3n) is 4.08. The molecule has 0 amide bonds. The summed E-state index contributed by atoms with van der Waals surface area (Å²) in [5, 5.41) is 13.8. The van der Waals surface area contributed by atoms with Crippen molar-refractivity contribution in [3.05, 3.63) is 24.3 Å². The molecule has 0 bridgehead atoms. The number of hydrogen-bond acceptors (Lipinski definition) is 6. The van der Waals surface area contributed by atoms with Gasteiger partial charge in [-0.05, 0) is 38.1 Å². The molecule has 1 aromatic carbocycles. The molecule has 1 fully saturated rings. The zero-order valence-electron chi connectivity index (χ0n) is 13.9. The van der Waals surface area contributed by atoms with Crippen molar-refractivity contribution < 1.29 is 18.3 Å². The normalized spacial score (nSPS) is 18.6. The van der Waals surface area contributed by atoms with E-state index in [4.69, 9.17) is 4.74 Å². The Morgan fingerprint density at radius 2 is 1.83 bits per heavy atom. The van der Waals surface area contributed by atoms with E-state index in [-0.39, 0.29) is 4.90 Å².